The van der Waals surface area contributed by atoms with E-state index in [1.165, 1.54) is 0 Å². The van der Waals surface area contributed by atoms with Gasteiger partial charge >= 0.3 is 0 Å². The molecule has 0 aliphatic heterocycles. The second kappa shape index (κ2) is 6.65. The number of aryl methyl sites for hydroxylation is 1. The number of nitrogens with zero attached hydrogens (tertiary/aromatic N) is 2. The predicted molar refractivity (Wildman–Crippen MR) is 82.9 cm³/mol. The Bertz CT molecular complexity index is 407. The highest BCUT2D eigenvalue weighted by molar-refractivity contribution is 14.1. The Labute approximate surface area is 123 Å². The van der Waals surface area contributed by atoms with Gasteiger partial charge in [-0.05, 0) is 56.7 Å². The minimum Gasteiger partial charge on any atom is -0.369 e. The number of ether oxygens (including phenoxy) is 1. The molecule has 1 aromatic rings. The zero-order chi connectivity index (χ0) is 13.8. The number of nitrogens with one attached hydrogen (secondary N) is 1. The van der Waals surface area contributed by atoms with Crippen molar-refractivity contribution in [1.29, 1.82) is 0 Å². The van der Waals surface area contributed by atoms with Crippen LogP contribution in [0.5, 0.6) is 0 Å². The molecular formula is C13H22IN3O. The van der Waals surface area contributed by atoms with Gasteiger partial charge in [-0.3, -0.25) is 0 Å². The monoisotopic (exact) mass is 363 g/mol. The molecular weight excluding hydrogens is 341 g/mol. The molecule has 0 aromatic carbocycles. The maximum atomic E-state index is 5.71. The Morgan fingerprint density at radius 2 is 1.94 bits per heavy atom. The van der Waals surface area contributed by atoms with Crippen LogP contribution in [0.2, 0.25) is 0 Å². The smallest absolute Gasteiger partial charge is 0.162 e. The summed E-state index contributed by atoms with van der Waals surface area (Å²) < 4.78 is 6.80. The van der Waals surface area contributed by atoms with Crippen LogP contribution in [0.4, 0.5) is 5.82 Å². The van der Waals surface area contributed by atoms with E-state index in [1.807, 2.05) is 27.7 Å². The molecule has 0 saturated heterocycles. The van der Waals surface area contributed by atoms with Gasteiger partial charge in [-0.2, -0.15) is 0 Å². The number of hydrogen-bond donors (Lipinski definition) is 1. The number of rotatable bonds is 6. The van der Waals surface area contributed by atoms with E-state index in [9.17, 15) is 0 Å². The summed E-state index contributed by atoms with van der Waals surface area (Å²) in [5.74, 6) is 1.65. The first-order valence-corrected chi connectivity index (χ1v) is 7.42. The van der Waals surface area contributed by atoms with Crippen molar-refractivity contribution >= 4 is 28.4 Å². The van der Waals surface area contributed by atoms with Crippen molar-refractivity contribution in [3.8, 4) is 0 Å². The maximum Gasteiger partial charge on any atom is 0.162 e. The van der Waals surface area contributed by atoms with Gasteiger partial charge < -0.3 is 10.1 Å². The van der Waals surface area contributed by atoms with E-state index in [4.69, 9.17) is 4.74 Å². The molecule has 0 amide bonds. The Morgan fingerprint density at radius 1 is 1.28 bits per heavy atom. The fourth-order valence-electron chi connectivity index (χ4n) is 1.61. The van der Waals surface area contributed by atoms with Crippen LogP contribution in [-0.2, 0) is 10.3 Å². The predicted octanol–water partition coefficient (Wildman–Crippen LogP) is 3.48. The third-order valence-electron chi connectivity index (χ3n) is 2.60. The Morgan fingerprint density at radius 3 is 2.50 bits per heavy atom. The summed E-state index contributed by atoms with van der Waals surface area (Å²) in [4.78, 5) is 9.15. The lowest BCUT2D eigenvalue weighted by Crippen LogP contribution is -2.26. The number of hydrogen-bond acceptors (Lipinski definition) is 4. The Kier molecular flexibility index (Phi) is 5.78. The number of aromatic nitrogens is 2. The van der Waals surface area contributed by atoms with Gasteiger partial charge in [0.05, 0.1) is 9.26 Å². The molecule has 0 radical (unpaired) electrons. The zero-order valence-electron chi connectivity index (χ0n) is 11.8. The first-order chi connectivity index (χ1) is 8.42. The molecule has 1 aromatic heterocycles. The summed E-state index contributed by atoms with van der Waals surface area (Å²) in [5.41, 5.74) is 0.541. The summed E-state index contributed by atoms with van der Waals surface area (Å²) in [6.45, 7) is 11.7. The average Bonchev–Trinajstić information content (AvgIpc) is 2.30. The van der Waals surface area contributed by atoms with Crippen LogP contribution in [0.15, 0.2) is 0 Å². The summed E-state index contributed by atoms with van der Waals surface area (Å²) in [6, 6.07) is 0. The van der Waals surface area contributed by atoms with Crippen LogP contribution in [0.3, 0.4) is 0 Å². The van der Waals surface area contributed by atoms with E-state index in [0.717, 1.165) is 33.9 Å². The molecule has 0 unspecified atom stereocenters. The third kappa shape index (κ3) is 3.78. The molecule has 0 aliphatic rings. The topological polar surface area (TPSA) is 47.0 Å². The van der Waals surface area contributed by atoms with Crippen molar-refractivity contribution in [3.05, 3.63) is 15.1 Å². The normalized spacial score (nSPS) is 11.7. The molecule has 18 heavy (non-hydrogen) atoms. The molecule has 1 rings (SSSR count). The summed E-state index contributed by atoms with van der Waals surface area (Å²) in [6.07, 6.45) is 1.07. The molecule has 1 heterocycles. The van der Waals surface area contributed by atoms with Crippen LogP contribution in [0.25, 0.3) is 0 Å². The molecule has 0 bridgehead atoms. The van der Waals surface area contributed by atoms with E-state index in [2.05, 4.69) is 44.8 Å². The van der Waals surface area contributed by atoms with Gasteiger partial charge in [0.25, 0.3) is 0 Å². The molecule has 5 heteroatoms. The van der Waals surface area contributed by atoms with Gasteiger partial charge in [0.1, 0.15) is 11.4 Å². The van der Waals surface area contributed by atoms with E-state index >= 15 is 0 Å². The fourth-order valence-corrected chi connectivity index (χ4v) is 2.05. The van der Waals surface area contributed by atoms with Gasteiger partial charge in [0.15, 0.2) is 5.82 Å². The van der Waals surface area contributed by atoms with E-state index in [1.54, 1.807) is 0 Å². The van der Waals surface area contributed by atoms with E-state index < -0.39 is 5.60 Å². The molecule has 0 aliphatic carbocycles. The van der Waals surface area contributed by atoms with Crippen molar-refractivity contribution in [2.24, 2.45) is 0 Å². The molecule has 1 N–H and O–H groups in total. The van der Waals surface area contributed by atoms with Crippen LogP contribution >= 0.6 is 22.6 Å². The molecule has 0 saturated carbocycles. The number of halogens is 1. The minimum atomic E-state index is -0.452. The van der Waals surface area contributed by atoms with Crippen molar-refractivity contribution in [1.82, 2.24) is 9.97 Å². The van der Waals surface area contributed by atoms with Crippen LogP contribution in [-0.4, -0.2) is 23.1 Å². The Hall–Kier alpha value is -0.430. The van der Waals surface area contributed by atoms with E-state index in [-0.39, 0.29) is 0 Å². The third-order valence-corrected chi connectivity index (χ3v) is 3.89. The summed E-state index contributed by atoms with van der Waals surface area (Å²) in [7, 11) is 0. The quantitative estimate of drug-likeness (QED) is 0.787. The lowest BCUT2D eigenvalue weighted by Gasteiger charge is -2.24. The lowest BCUT2D eigenvalue weighted by atomic mass is 10.1. The second-order valence-electron chi connectivity index (χ2n) is 4.67. The lowest BCUT2D eigenvalue weighted by molar-refractivity contribution is -0.0208. The molecule has 4 nitrogen and oxygen atoms in total. The van der Waals surface area contributed by atoms with Crippen LogP contribution < -0.4 is 5.32 Å². The van der Waals surface area contributed by atoms with Crippen molar-refractivity contribution in [2.75, 3.05) is 18.5 Å². The second-order valence-corrected chi connectivity index (χ2v) is 5.74. The highest BCUT2D eigenvalue weighted by Crippen LogP contribution is 2.26. The van der Waals surface area contributed by atoms with Gasteiger partial charge in [0, 0.05) is 13.2 Å². The highest BCUT2D eigenvalue weighted by Gasteiger charge is 2.26. The average molecular weight is 363 g/mol. The standard InChI is InChI=1S/C13H22IN3O/c1-6-8-15-11-10(14)9(3)16-12(17-11)13(4,5)18-7-2/h6-8H2,1-5H3,(H,15,16,17). The number of anilines is 1. The van der Waals surface area contributed by atoms with Gasteiger partial charge in [0.2, 0.25) is 0 Å². The first-order valence-electron chi connectivity index (χ1n) is 6.34. The van der Waals surface area contributed by atoms with Gasteiger partial charge in [-0.15, -0.1) is 0 Å². The van der Waals surface area contributed by atoms with E-state index in [0.29, 0.717) is 6.61 Å². The largest absolute Gasteiger partial charge is 0.369 e. The molecule has 0 fully saturated rings. The summed E-state index contributed by atoms with van der Waals surface area (Å²) >= 11 is 2.28. The van der Waals surface area contributed by atoms with Gasteiger partial charge in [-0.1, -0.05) is 6.92 Å². The minimum absolute atomic E-state index is 0.452. The van der Waals surface area contributed by atoms with Crippen LogP contribution in [0, 0.1) is 10.5 Å². The van der Waals surface area contributed by atoms with Crippen molar-refractivity contribution < 1.29 is 4.74 Å². The van der Waals surface area contributed by atoms with Crippen molar-refractivity contribution in [3.63, 3.8) is 0 Å². The molecule has 102 valence electrons. The first kappa shape index (κ1) is 15.6. The van der Waals surface area contributed by atoms with Crippen molar-refractivity contribution in [2.45, 2.75) is 46.6 Å². The Balaban J connectivity index is 3.11. The zero-order valence-corrected chi connectivity index (χ0v) is 14.0. The van der Waals surface area contributed by atoms with Gasteiger partial charge in [-0.25, -0.2) is 9.97 Å². The highest BCUT2D eigenvalue weighted by atomic mass is 127. The van der Waals surface area contributed by atoms with Crippen LogP contribution in [0.1, 0.15) is 45.6 Å². The SMILES string of the molecule is CCCNc1nc(C(C)(C)OCC)nc(C)c1I. The molecule has 0 atom stereocenters. The summed E-state index contributed by atoms with van der Waals surface area (Å²) in [5, 5.41) is 3.34. The molecule has 0 spiro atoms. The maximum absolute atomic E-state index is 5.71. The fraction of sp³-hybridized carbons (Fsp3) is 0.692.